The Morgan fingerprint density at radius 1 is 1.33 bits per heavy atom. The third kappa shape index (κ3) is 5.99. The van der Waals surface area contributed by atoms with E-state index >= 15 is 0 Å². The van der Waals surface area contributed by atoms with Crippen LogP contribution >= 0.6 is 11.6 Å². The lowest BCUT2D eigenvalue weighted by Crippen LogP contribution is -2.41. The number of carbonyl (C=O) groups excluding carboxylic acids is 2. The highest BCUT2D eigenvalue weighted by Gasteiger charge is 2.49. The third-order valence-electron chi connectivity index (χ3n) is 3.70. The van der Waals surface area contributed by atoms with E-state index in [1.54, 1.807) is 0 Å². The average molecular weight is 454 g/mol. The van der Waals surface area contributed by atoms with Gasteiger partial charge in [-0.1, -0.05) is 11.6 Å². The van der Waals surface area contributed by atoms with Crippen LogP contribution in [0.25, 0.3) is 6.08 Å². The first-order valence-corrected chi connectivity index (χ1v) is 8.69. The van der Waals surface area contributed by atoms with Crippen LogP contribution < -0.4 is 4.74 Å². The van der Waals surface area contributed by atoms with Gasteiger partial charge in [0.2, 0.25) is 12.4 Å². The number of ether oxygens (including phenoxy) is 3. The van der Waals surface area contributed by atoms with Crippen molar-refractivity contribution < 1.29 is 46.9 Å². The predicted octanol–water partition coefficient (Wildman–Crippen LogP) is 3.39. The Bertz CT molecular complexity index is 886. The van der Waals surface area contributed by atoms with Gasteiger partial charge in [0.1, 0.15) is 12.4 Å². The molecule has 13 heteroatoms. The second-order valence-electron chi connectivity index (χ2n) is 6.05. The molecule has 164 valence electrons. The SMILES string of the molecule is Cc1cc(Cl)cc2c1OC(C(F)(F)F)C(C(=O)O[C@@H](C)OC(=O)CCO[N+](=O)[O-])=C2. The van der Waals surface area contributed by atoms with Gasteiger partial charge in [0.05, 0.1) is 12.0 Å². The van der Waals surface area contributed by atoms with Crippen molar-refractivity contribution in [1.29, 1.82) is 0 Å². The van der Waals surface area contributed by atoms with Crippen molar-refractivity contribution in [2.45, 2.75) is 38.8 Å². The summed E-state index contributed by atoms with van der Waals surface area (Å²) in [4.78, 5) is 37.8. The lowest BCUT2D eigenvalue weighted by atomic mass is 9.99. The summed E-state index contributed by atoms with van der Waals surface area (Å²) in [5.41, 5.74) is -0.375. The molecule has 2 rings (SSSR count). The minimum Gasteiger partial charge on any atom is -0.475 e. The Labute approximate surface area is 172 Å². The van der Waals surface area contributed by atoms with Gasteiger partial charge in [0.25, 0.3) is 5.09 Å². The van der Waals surface area contributed by atoms with E-state index in [0.717, 1.165) is 13.0 Å². The number of benzene rings is 1. The molecule has 0 saturated heterocycles. The van der Waals surface area contributed by atoms with Crippen molar-refractivity contribution in [1.82, 2.24) is 0 Å². The molecule has 0 spiro atoms. The van der Waals surface area contributed by atoms with Crippen LogP contribution in [0.1, 0.15) is 24.5 Å². The minimum atomic E-state index is -4.94. The van der Waals surface area contributed by atoms with Crippen LogP contribution in [0.15, 0.2) is 17.7 Å². The van der Waals surface area contributed by atoms with E-state index in [1.165, 1.54) is 19.1 Å². The number of halogens is 4. The van der Waals surface area contributed by atoms with Crippen LogP contribution in [0.5, 0.6) is 5.75 Å². The van der Waals surface area contributed by atoms with Gasteiger partial charge in [0.15, 0.2) is 0 Å². The highest BCUT2D eigenvalue weighted by Crippen LogP contribution is 2.40. The Morgan fingerprint density at radius 2 is 2.00 bits per heavy atom. The molecular formula is C17H15ClF3NO8. The van der Waals surface area contributed by atoms with Crippen molar-refractivity contribution >= 4 is 29.6 Å². The molecule has 0 fully saturated rings. The lowest BCUT2D eigenvalue weighted by Gasteiger charge is -2.29. The van der Waals surface area contributed by atoms with Gasteiger partial charge >= 0.3 is 18.1 Å². The summed E-state index contributed by atoms with van der Waals surface area (Å²) in [5, 5.41) is 9.12. The Kier molecular flexibility index (Phi) is 7.13. The fraction of sp³-hybridized carbons (Fsp3) is 0.412. The average Bonchev–Trinajstić information content (AvgIpc) is 2.59. The first kappa shape index (κ1) is 23.3. The maximum absolute atomic E-state index is 13.5. The maximum Gasteiger partial charge on any atom is 0.430 e. The number of rotatable bonds is 7. The molecule has 1 unspecified atom stereocenters. The topological polar surface area (TPSA) is 114 Å². The van der Waals surface area contributed by atoms with Crippen molar-refractivity contribution in [2.75, 3.05) is 6.61 Å². The van der Waals surface area contributed by atoms with Gasteiger partial charge in [-0.3, -0.25) is 4.79 Å². The van der Waals surface area contributed by atoms with Crippen molar-refractivity contribution in [3.05, 3.63) is 44.0 Å². The van der Waals surface area contributed by atoms with E-state index in [1.807, 2.05) is 0 Å². The van der Waals surface area contributed by atoms with Crippen LogP contribution in [-0.4, -0.2) is 42.2 Å². The molecule has 0 aromatic heterocycles. The molecular weight excluding hydrogens is 439 g/mol. The second kappa shape index (κ2) is 9.20. The molecule has 2 atom stereocenters. The van der Waals surface area contributed by atoms with E-state index in [2.05, 4.69) is 9.57 Å². The molecule has 0 radical (unpaired) electrons. The number of hydrogen-bond acceptors (Lipinski definition) is 8. The van der Waals surface area contributed by atoms with E-state index in [4.69, 9.17) is 21.1 Å². The smallest absolute Gasteiger partial charge is 0.430 e. The van der Waals surface area contributed by atoms with Crippen molar-refractivity contribution in [3.8, 4) is 5.75 Å². The highest BCUT2D eigenvalue weighted by molar-refractivity contribution is 6.30. The molecule has 0 N–H and O–H groups in total. The Morgan fingerprint density at radius 3 is 2.60 bits per heavy atom. The van der Waals surface area contributed by atoms with Crippen LogP contribution in [0.3, 0.4) is 0 Å². The first-order chi connectivity index (χ1) is 13.9. The van der Waals surface area contributed by atoms with Gasteiger partial charge < -0.3 is 19.0 Å². The van der Waals surface area contributed by atoms with Gasteiger partial charge in [-0.05, 0) is 30.7 Å². The number of carbonyl (C=O) groups is 2. The molecule has 0 aliphatic carbocycles. The quantitative estimate of drug-likeness (QED) is 0.267. The summed E-state index contributed by atoms with van der Waals surface area (Å²) >= 11 is 5.91. The van der Waals surface area contributed by atoms with Gasteiger partial charge in [0, 0.05) is 17.5 Å². The summed E-state index contributed by atoms with van der Waals surface area (Å²) in [6, 6.07) is 2.73. The zero-order valence-electron chi connectivity index (χ0n) is 15.5. The summed E-state index contributed by atoms with van der Waals surface area (Å²) < 4.78 is 54.8. The number of aryl methyl sites for hydroxylation is 1. The molecule has 1 aliphatic rings. The van der Waals surface area contributed by atoms with Crippen LogP contribution in [0.4, 0.5) is 13.2 Å². The van der Waals surface area contributed by atoms with Crippen molar-refractivity contribution in [2.24, 2.45) is 0 Å². The summed E-state index contributed by atoms with van der Waals surface area (Å²) in [5.74, 6) is -2.53. The standard InChI is InChI=1S/C17H15ClF3NO8/c1-8-5-11(18)6-10-7-12(15(17(19,20)21)30-14(8)10)16(24)29-9(2)28-13(23)3-4-27-22(25)26/h5-7,9,15H,3-4H2,1-2H3/t9-,15?/m0/s1. The maximum atomic E-state index is 13.5. The minimum absolute atomic E-state index is 0.0801. The van der Waals surface area contributed by atoms with Gasteiger partial charge in [-0.25, -0.2) is 4.79 Å². The molecule has 1 heterocycles. The second-order valence-corrected chi connectivity index (χ2v) is 6.49. The van der Waals surface area contributed by atoms with Crippen LogP contribution in [0.2, 0.25) is 5.02 Å². The van der Waals surface area contributed by atoms with Crippen LogP contribution in [0, 0.1) is 17.0 Å². The Balaban J connectivity index is 2.15. The number of hydrogen-bond donors (Lipinski definition) is 0. The zero-order chi connectivity index (χ0) is 22.6. The predicted molar refractivity (Wildman–Crippen MR) is 93.8 cm³/mol. The fourth-order valence-corrected chi connectivity index (χ4v) is 2.83. The molecule has 0 bridgehead atoms. The third-order valence-corrected chi connectivity index (χ3v) is 3.92. The normalized spacial score (nSPS) is 16.5. The highest BCUT2D eigenvalue weighted by atomic mass is 35.5. The monoisotopic (exact) mass is 453 g/mol. The summed E-state index contributed by atoms with van der Waals surface area (Å²) in [6.07, 6.45) is -8.71. The molecule has 1 aliphatic heterocycles. The zero-order valence-corrected chi connectivity index (χ0v) is 16.3. The van der Waals surface area contributed by atoms with Gasteiger partial charge in [-0.2, -0.15) is 13.2 Å². The van der Waals surface area contributed by atoms with Crippen LogP contribution in [-0.2, 0) is 23.9 Å². The molecule has 0 amide bonds. The molecule has 1 aromatic carbocycles. The number of esters is 2. The molecule has 1 aromatic rings. The number of nitrogens with zero attached hydrogens (tertiary/aromatic N) is 1. The summed E-state index contributed by atoms with van der Waals surface area (Å²) in [6.45, 7) is 1.99. The van der Waals surface area contributed by atoms with Gasteiger partial charge in [-0.15, -0.1) is 10.1 Å². The van der Waals surface area contributed by atoms with E-state index < -0.39 is 54.2 Å². The summed E-state index contributed by atoms with van der Waals surface area (Å²) in [7, 11) is 0. The van der Waals surface area contributed by atoms with E-state index in [-0.39, 0.29) is 16.3 Å². The fourth-order valence-electron chi connectivity index (χ4n) is 2.55. The molecule has 0 saturated carbocycles. The number of alkyl halides is 3. The van der Waals surface area contributed by atoms with E-state index in [9.17, 15) is 32.9 Å². The van der Waals surface area contributed by atoms with E-state index in [0.29, 0.717) is 5.56 Å². The largest absolute Gasteiger partial charge is 0.475 e. The molecule has 30 heavy (non-hydrogen) atoms. The number of fused-ring (bicyclic) bond motifs is 1. The molecule has 9 nitrogen and oxygen atoms in total. The van der Waals surface area contributed by atoms with Crippen molar-refractivity contribution in [3.63, 3.8) is 0 Å². The Hall–Kier alpha value is -3.02. The first-order valence-electron chi connectivity index (χ1n) is 8.31. The lowest BCUT2D eigenvalue weighted by molar-refractivity contribution is -0.757.